The first kappa shape index (κ1) is 11.4. The summed E-state index contributed by atoms with van der Waals surface area (Å²) in [6, 6.07) is 11.7. The molecule has 0 radical (unpaired) electrons. The quantitative estimate of drug-likeness (QED) is 0.738. The van der Waals surface area contributed by atoms with Crippen molar-refractivity contribution >= 4 is 11.5 Å². The van der Waals surface area contributed by atoms with Gasteiger partial charge in [0.2, 0.25) is 0 Å². The fraction of sp³-hybridized carbons (Fsp3) is 0.231. The summed E-state index contributed by atoms with van der Waals surface area (Å²) >= 11 is 0. The Morgan fingerprint density at radius 3 is 2.29 bits per heavy atom. The van der Waals surface area contributed by atoms with E-state index in [1.165, 1.54) is 5.56 Å². The van der Waals surface area contributed by atoms with Crippen LogP contribution in [0.3, 0.4) is 0 Å². The third kappa shape index (κ3) is 2.53. The van der Waals surface area contributed by atoms with Crippen LogP contribution in [0.4, 0.5) is 11.5 Å². The SMILES string of the molecule is COc1ccc(N=Nc2ccc(C)cc2)n1C. The average molecular weight is 229 g/mol. The first-order valence-corrected chi connectivity index (χ1v) is 5.39. The van der Waals surface area contributed by atoms with Crippen molar-refractivity contribution < 1.29 is 4.74 Å². The smallest absolute Gasteiger partial charge is 0.194 e. The van der Waals surface area contributed by atoms with E-state index in [4.69, 9.17) is 4.74 Å². The highest BCUT2D eigenvalue weighted by Gasteiger charge is 2.02. The van der Waals surface area contributed by atoms with Crippen molar-refractivity contribution in [1.82, 2.24) is 4.57 Å². The van der Waals surface area contributed by atoms with Crippen LogP contribution in [0.1, 0.15) is 5.56 Å². The maximum atomic E-state index is 5.15. The van der Waals surface area contributed by atoms with Crippen LogP contribution in [0.2, 0.25) is 0 Å². The molecule has 2 aromatic rings. The predicted molar refractivity (Wildman–Crippen MR) is 67.3 cm³/mol. The van der Waals surface area contributed by atoms with E-state index in [1.54, 1.807) is 7.11 Å². The molecule has 4 nitrogen and oxygen atoms in total. The van der Waals surface area contributed by atoms with Crippen molar-refractivity contribution in [3.8, 4) is 5.88 Å². The normalized spacial score (nSPS) is 11.0. The van der Waals surface area contributed by atoms with E-state index in [1.807, 2.05) is 54.9 Å². The van der Waals surface area contributed by atoms with E-state index >= 15 is 0 Å². The third-order valence-corrected chi connectivity index (χ3v) is 2.56. The number of methoxy groups -OCH3 is 1. The predicted octanol–water partition coefficient (Wildman–Crippen LogP) is 3.76. The molecule has 17 heavy (non-hydrogen) atoms. The Hall–Kier alpha value is -2.10. The monoisotopic (exact) mass is 229 g/mol. The zero-order valence-electron chi connectivity index (χ0n) is 10.2. The van der Waals surface area contributed by atoms with Crippen LogP contribution < -0.4 is 4.74 Å². The minimum Gasteiger partial charge on any atom is -0.482 e. The largest absolute Gasteiger partial charge is 0.482 e. The first-order chi connectivity index (χ1) is 8.20. The molecular formula is C13H15N3O. The van der Waals surface area contributed by atoms with Gasteiger partial charge < -0.3 is 4.74 Å². The van der Waals surface area contributed by atoms with E-state index < -0.39 is 0 Å². The molecular weight excluding hydrogens is 214 g/mol. The van der Waals surface area contributed by atoms with Crippen LogP contribution in [0, 0.1) is 6.92 Å². The zero-order chi connectivity index (χ0) is 12.3. The fourth-order valence-corrected chi connectivity index (χ4v) is 1.51. The van der Waals surface area contributed by atoms with Gasteiger partial charge in [-0.1, -0.05) is 17.7 Å². The first-order valence-electron chi connectivity index (χ1n) is 5.39. The lowest BCUT2D eigenvalue weighted by molar-refractivity contribution is 0.383. The number of aromatic nitrogens is 1. The summed E-state index contributed by atoms with van der Waals surface area (Å²) in [6.45, 7) is 2.04. The molecule has 0 aliphatic carbocycles. The Kier molecular flexibility index (Phi) is 3.23. The minimum absolute atomic E-state index is 0.766. The van der Waals surface area contributed by atoms with Gasteiger partial charge in [0.15, 0.2) is 11.7 Å². The number of aryl methyl sites for hydroxylation is 1. The number of nitrogens with zero attached hydrogens (tertiary/aromatic N) is 3. The molecule has 0 saturated heterocycles. The Labute approximate surface area is 101 Å². The molecule has 88 valence electrons. The van der Waals surface area contributed by atoms with Gasteiger partial charge in [0.25, 0.3) is 0 Å². The summed E-state index contributed by atoms with van der Waals surface area (Å²) in [4.78, 5) is 0. The van der Waals surface area contributed by atoms with Crippen molar-refractivity contribution in [3.05, 3.63) is 42.0 Å². The van der Waals surface area contributed by atoms with Crippen LogP contribution >= 0.6 is 0 Å². The minimum atomic E-state index is 0.766. The van der Waals surface area contributed by atoms with Crippen molar-refractivity contribution in [2.24, 2.45) is 17.3 Å². The molecule has 2 rings (SSSR count). The van der Waals surface area contributed by atoms with Gasteiger partial charge in [0.1, 0.15) is 0 Å². The fourth-order valence-electron chi connectivity index (χ4n) is 1.51. The number of hydrogen-bond acceptors (Lipinski definition) is 3. The Morgan fingerprint density at radius 2 is 1.71 bits per heavy atom. The lowest BCUT2D eigenvalue weighted by atomic mass is 10.2. The van der Waals surface area contributed by atoms with Crippen molar-refractivity contribution in [2.75, 3.05) is 7.11 Å². The van der Waals surface area contributed by atoms with Crippen molar-refractivity contribution in [3.63, 3.8) is 0 Å². The number of hydrogen-bond donors (Lipinski definition) is 0. The Balaban J connectivity index is 2.20. The summed E-state index contributed by atoms with van der Waals surface area (Å²) in [6.07, 6.45) is 0. The van der Waals surface area contributed by atoms with Gasteiger partial charge >= 0.3 is 0 Å². The molecule has 0 saturated carbocycles. The third-order valence-electron chi connectivity index (χ3n) is 2.56. The second-order valence-electron chi connectivity index (χ2n) is 3.83. The lowest BCUT2D eigenvalue weighted by Gasteiger charge is -2.01. The van der Waals surface area contributed by atoms with Gasteiger partial charge in [0, 0.05) is 13.1 Å². The summed E-state index contributed by atoms with van der Waals surface area (Å²) < 4.78 is 7.00. The van der Waals surface area contributed by atoms with Crippen LogP contribution in [-0.2, 0) is 7.05 Å². The zero-order valence-corrected chi connectivity index (χ0v) is 10.2. The Bertz CT molecular complexity index is 526. The van der Waals surface area contributed by atoms with Gasteiger partial charge in [-0.2, -0.15) is 0 Å². The molecule has 0 fully saturated rings. The van der Waals surface area contributed by atoms with Crippen LogP contribution in [0.25, 0.3) is 0 Å². The molecule has 4 heteroatoms. The van der Waals surface area contributed by atoms with E-state index in [2.05, 4.69) is 10.2 Å². The van der Waals surface area contributed by atoms with E-state index in [0.29, 0.717) is 0 Å². The van der Waals surface area contributed by atoms with Gasteiger partial charge in [-0.3, -0.25) is 4.57 Å². The molecule has 1 heterocycles. The second kappa shape index (κ2) is 4.82. The summed E-state index contributed by atoms with van der Waals surface area (Å²) in [5.74, 6) is 1.53. The van der Waals surface area contributed by atoms with Gasteiger partial charge in [-0.25, -0.2) is 0 Å². The highest BCUT2D eigenvalue weighted by molar-refractivity contribution is 5.40. The standard InChI is InChI=1S/C13H15N3O/c1-10-4-6-11(7-5-10)14-15-12-8-9-13(17-3)16(12)2/h4-9H,1-3H3. The van der Waals surface area contributed by atoms with Crippen LogP contribution in [0.5, 0.6) is 5.88 Å². The van der Waals surface area contributed by atoms with Gasteiger partial charge in [0.05, 0.1) is 12.8 Å². The van der Waals surface area contributed by atoms with Crippen LogP contribution in [-0.4, -0.2) is 11.7 Å². The molecule has 0 aliphatic heterocycles. The molecule has 0 amide bonds. The summed E-state index contributed by atoms with van der Waals surface area (Å²) in [5.41, 5.74) is 2.06. The van der Waals surface area contributed by atoms with E-state index in [-0.39, 0.29) is 0 Å². The van der Waals surface area contributed by atoms with Gasteiger partial charge in [-0.05, 0) is 25.1 Å². The maximum absolute atomic E-state index is 5.15. The summed E-state index contributed by atoms with van der Waals surface area (Å²) in [7, 11) is 3.53. The van der Waals surface area contributed by atoms with Crippen molar-refractivity contribution in [2.45, 2.75) is 6.92 Å². The molecule has 0 atom stereocenters. The maximum Gasteiger partial charge on any atom is 0.194 e. The molecule has 0 unspecified atom stereocenters. The molecule has 0 bridgehead atoms. The summed E-state index contributed by atoms with van der Waals surface area (Å²) in [5, 5.41) is 8.36. The molecule has 0 N–H and O–H groups in total. The highest BCUT2D eigenvalue weighted by atomic mass is 16.5. The topological polar surface area (TPSA) is 38.9 Å². The second-order valence-corrected chi connectivity index (χ2v) is 3.83. The average Bonchev–Trinajstić information content (AvgIpc) is 2.69. The molecule has 1 aromatic heterocycles. The van der Waals surface area contributed by atoms with Crippen LogP contribution in [0.15, 0.2) is 46.6 Å². The van der Waals surface area contributed by atoms with Gasteiger partial charge in [-0.15, -0.1) is 10.2 Å². The molecule has 0 spiro atoms. The highest BCUT2D eigenvalue weighted by Crippen LogP contribution is 2.23. The van der Waals surface area contributed by atoms with E-state index in [0.717, 1.165) is 17.4 Å². The van der Waals surface area contributed by atoms with E-state index in [9.17, 15) is 0 Å². The molecule has 0 aliphatic rings. The number of ether oxygens (including phenoxy) is 1. The van der Waals surface area contributed by atoms with Crippen molar-refractivity contribution in [1.29, 1.82) is 0 Å². The lowest BCUT2D eigenvalue weighted by Crippen LogP contribution is -1.91. The molecule has 1 aromatic carbocycles. The Morgan fingerprint density at radius 1 is 1.00 bits per heavy atom. The number of azo groups is 1. The number of rotatable bonds is 3. The number of benzene rings is 1.